The number of nitrogens with one attached hydrogen (secondary N) is 1. The number of methoxy groups -OCH3 is 1. The van der Waals surface area contributed by atoms with Gasteiger partial charge in [0.05, 0.1) is 29.8 Å². The largest absolute Gasteiger partial charge is 0.494 e. The fourth-order valence-electron chi connectivity index (χ4n) is 3.54. The second-order valence-electron chi connectivity index (χ2n) is 7.37. The molecule has 1 aliphatic rings. The monoisotopic (exact) mass is 382 g/mol. The van der Waals surface area contributed by atoms with Crippen LogP contribution >= 0.6 is 0 Å². The summed E-state index contributed by atoms with van der Waals surface area (Å²) in [6, 6.07) is 6.22. The number of fused-ring (bicyclic) bond motifs is 1. The van der Waals surface area contributed by atoms with E-state index in [0.29, 0.717) is 17.0 Å². The maximum Gasteiger partial charge on any atom is 0.252 e. The Morgan fingerprint density at radius 1 is 1.36 bits per heavy atom. The molecule has 3 aromatic rings. The van der Waals surface area contributed by atoms with Gasteiger partial charge in [-0.3, -0.25) is 9.48 Å². The zero-order chi connectivity index (χ0) is 20.0. The normalized spacial score (nSPS) is 14.9. The number of amides is 1. The Balaban J connectivity index is 1.67. The van der Waals surface area contributed by atoms with E-state index in [1.165, 1.54) is 13.2 Å². The lowest BCUT2D eigenvalue weighted by Crippen LogP contribution is -2.27. The Hall–Kier alpha value is -2.96. The Morgan fingerprint density at radius 3 is 2.75 bits per heavy atom. The summed E-state index contributed by atoms with van der Waals surface area (Å²) >= 11 is 0. The highest BCUT2D eigenvalue weighted by molar-refractivity contribution is 6.06. The maximum atomic E-state index is 14.0. The molecule has 146 valence electrons. The van der Waals surface area contributed by atoms with Crippen LogP contribution < -0.4 is 10.1 Å². The van der Waals surface area contributed by atoms with Gasteiger partial charge in [0.1, 0.15) is 0 Å². The Bertz CT molecular complexity index is 1070. The van der Waals surface area contributed by atoms with Gasteiger partial charge in [-0.15, -0.1) is 0 Å². The SMILES string of the molecule is COc1ccc(C(C)NC(=O)c2cc(C3CC3)nc3c2c(C)nn3C)cc1F. The van der Waals surface area contributed by atoms with Gasteiger partial charge in [0, 0.05) is 18.7 Å². The van der Waals surface area contributed by atoms with Crippen molar-refractivity contribution in [3.63, 3.8) is 0 Å². The van der Waals surface area contributed by atoms with E-state index in [2.05, 4.69) is 10.4 Å². The smallest absolute Gasteiger partial charge is 0.252 e. The summed E-state index contributed by atoms with van der Waals surface area (Å²) in [6.07, 6.45) is 2.19. The summed E-state index contributed by atoms with van der Waals surface area (Å²) in [4.78, 5) is 17.8. The van der Waals surface area contributed by atoms with Crippen LogP contribution in [0.15, 0.2) is 24.3 Å². The molecule has 1 saturated carbocycles. The van der Waals surface area contributed by atoms with Crippen LogP contribution in [0.1, 0.15) is 59.0 Å². The first kappa shape index (κ1) is 18.4. The predicted octanol–water partition coefficient (Wildman–Crippen LogP) is 3.79. The van der Waals surface area contributed by atoms with Crippen LogP contribution in [0.5, 0.6) is 5.75 Å². The second-order valence-corrected chi connectivity index (χ2v) is 7.37. The minimum absolute atomic E-state index is 0.179. The first-order valence-electron chi connectivity index (χ1n) is 9.37. The van der Waals surface area contributed by atoms with Crippen molar-refractivity contribution >= 4 is 16.9 Å². The number of benzene rings is 1. The predicted molar refractivity (Wildman–Crippen MR) is 104 cm³/mol. The van der Waals surface area contributed by atoms with Crippen LogP contribution in [0.4, 0.5) is 4.39 Å². The average Bonchev–Trinajstić information content (AvgIpc) is 3.47. The zero-order valence-corrected chi connectivity index (χ0v) is 16.4. The van der Waals surface area contributed by atoms with Crippen LogP contribution in [-0.4, -0.2) is 27.8 Å². The van der Waals surface area contributed by atoms with E-state index in [-0.39, 0.29) is 17.7 Å². The molecular formula is C21H23FN4O2. The van der Waals surface area contributed by atoms with E-state index in [9.17, 15) is 9.18 Å². The quantitative estimate of drug-likeness (QED) is 0.729. The van der Waals surface area contributed by atoms with E-state index in [1.54, 1.807) is 16.8 Å². The molecule has 1 fully saturated rings. The highest BCUT2D eigenvalue weighted by Gasteiger charge is 2.28. The highest BCUT2D eigenvalue weighted by Crippen LogP contribution is 2.40. The van der Waals surface area contributed by atoms with E-state index in [0.717, 1.165) is 35.3 Å². The van der Waals surface area contributed by atoms with Crippen LogP contribution in [0.25, 0.3) is 11.0 Å². The number of hydrogen-bond acceptors (Lipinski definition) is 4. The number of ether oxygens (including phenoxy) is 1. The highest BCUT2D eigenvalue weighted by atomic mass is 19.1. The standard InChI is InChI=1S/C21H23FN4O2/c1-11(14-7-8-18(28-4)16(22)9-14)23-21(27)15-10-17(13-5-6-13)24-20-19(15)12(2)25-26(20)3/h7-11,13H,5-6H2,1-4H3,(H,23,27). The van der Waals surface area contributed by atoms with Crippen molar-refractivity contribution < 1.29 is 13.9 Å². The minimum atomic E-state index is -0.452. The van der Waals surface area contributed by atoms with E-state index < -0.39 is 5.82 Å². The summed E-state index contributed by atoms with van der Waals surface area (Å²) in [5, 5.41) is 8.18. The third-order valence-electron chi connectivity index (χ3n) is 5.25. The Morgan fingerprint density at radius 2 is 2.11 bits per heavy atom. The van der Waals surface area contributed by atoms with Gasteiger partial charge in [-0.1, -0.05) is 6.07 Å². The van der Waals surface area contributed by atoms with Crippen molar-refractivity contribution in [2.75, 3.05) is 7.11 Å². The van der Waals surface area contributed by atoms with Gasteiger partial charge in [-0.25, -0.2) is 9.37 Å². The molecule has 1 amide bonds. The molecule has 7 heteroatoms. The van der Waals surface area contributed by atoms with Crippen molar-refractivity contribution in [2.24, 2.45) is 7.05 Å². The molecule has 0 aliphatic heterocycles. The van der Waals surface area contributed by atoms with E-state index in [1.807, 2.05) is 27.0 Å². The van der Waals surface area contributed by atoms with Crippen molar-refractivity contribution in [3.05, 3.63) is 52.6 Å². The van der Waals surface area contributed by atoms with Crippen LogP contribution in [0.3, 0.4) is 0 Å². The molecule has 1 unspecified atom stereocenters. The lowest BCUT2D eigenvalue weighted by atomic mass is 10.0. The fourth-order valence-corrected chi connectivity index (χ4v) is 3.54. The molecule has 1 N–H and O–H groups in total. The van der Waals surface area contributed by atoms with E-state index >= 15 is 0 Å². The lowest BCUT2D eigenvalue weighted by Gasteiger charge is -2.16. The van der Waals surface area contributed by atoms with Gasteiger partial charge in [0.15, 0.2) is 17.2 Å². The number of carbonyl (C=O) groups excluding carboxylic acids is 1. The molecule has 4 rings (SSSR count). The van der Waals surface area contributed by atoms with Crippen molar-refractivity contribution in [1.29, 1.82) is 0 Å². The van der Waals surface area contributed by atoms with E-state index in [4.69, 9.17) is 9.72 Å². The van der Waals surface area contributed by atoms with Gasteiger partial charge >= 0.3 is 0 Å². The molecule has 1 atom stereocenters. The number of rotatable bonds is 5. The summed E-state index contributed by atoms with van der Waals surface area (Å²) in [7, 11) is 3.26. The lowest BCUT2D eigenvalue weighted by molar-refractivity contribution is 0.0941. The molecule has 6 nitrogen and oxygen atoms in total. The second kappa shape index (κ2) is 6.89. The Labute approximate surface area is 162 Å². The zero-order valence-electron chi connectivity index (χ0n) is 16.4. The van der Waals surface area contributed by atoms with Gasteiger partial charge in [-0.05, 0) is 50.5 Å². The number of pyridine rings is 1. The Kier molecular flexibility index (Phi) is 4.53. The maximum absolute atomic E-state index is 14.0. The molecule has 0 saturated heterocycles. The number of aromatic nitrogens is 3. The molecule has 1 aliphatic carbocycles. The molecule has 2 aromatic heterocycles. The molecule has 0 spiro atoms. The van der Waals surface area contributed by atoms with Gasteiger partial charge in [0.2, 0.25) is 0 Å². The van der Waals surface area contributed by atoms with Crippen molar-refractivity contribution in [1.82, 2.24) is 20.1 Å². The summed E-state index contributed by atoms with van der Waals surface area (Å²) in [5.74, 6) is -0.0712. The summed E-state index contributed by atoms with van der Waals surface area (Å²) in [6.45, 7) is 3.70. The van der Waals surface area contributed by atoms with Crippen LogP contribution in [-0.2, 0) is 7.05 Å². The van der Waals surface area contributed by atoms with Crippen molar-refractivity contribution in [2.45, 2.75) is 38.6 Å². The number of halogens is 1. The minimum Gasteiger partial charge on any atom is -0.494 e. The topological polar surface area (TPSA) is 69.0 Å². The van der Waals surface area contributed by atoms with Crippen LogP contribution in [0.2, 0.25) is 0 Å². The number of hydrogen-bond donors (Lipinski definition) is 1. The number of nitrogens with zero attached hydrogens (tertiary/aromatic N) is 3. The summed E-state index contributed by atoms with van der Waals surface area (Å²) in [5.41, 5.74) is 3.65. The average molecular weight is 382 g/mol. The molecule has 28 heavy (non-hydrogen) atoms. The molecular weight excluding hydrogens is 359 g/mol. The van der Waals surface area contributed by atoms with Crippen LogP contribution in [0, 0.1) is 12.7 Å². The molecule has 1 aromatic carbocycles. The van der Waals surface area contributed by atoms with Gasteiger partial charge < -0.3 is 10.1 Å². The molecule has 0 bridgehead atoms. The fraction of sp³-hybridized carbons (Fsp3) is 0.381. The number of carbonyl (C=O) groups is 1. The third kappa shape index (κ3) is 3.21. The van der Waals surface area contributed by atoms with Gasteiger partial charge in [-0.2, -0.15) is 5.10 Å². The molecule has 0 radical (unpaired) electrons. The molecule has 2 heterocycles. The van der Waals surface area contributed by atoms with Crippen molar-refractivity contribution in [3.8, 4) is 5.75 Å². The summed E-state index contributed by atoms with van der Waals surface area (Å²) < 4.78 is 20.7. The van der Waals surface area contributed by atoms with Gasteiger partial charge in [0.25, 0.3) is 5.91 Å². The number of aryl methyl sites for hydroxylation is 2. The first-order valence-corrected chi connectivity index (χ1v) is 9.37. The first-order chi connectivity index (χ1) is 13.4. The third-order valence-corrected chi connectivity index (χ3v) is 5.25.